The number of hydrogen-bond acceptors (Lipinski definition) is 3. The second-order valence-corrected chi connectivity index (χ2v) is 9.05. The molecule has 5 rings (SSSR count). The van der Waals surface area contributed by atoms with Gasteiger partial charge in [0, 0.05) is 35.7 Å². The predicted molar refractivity (Wildman–Crippen MR) is 115 cm³/mol. The van der Waals surface area contributed by atoms with Crippen LogP contribution in [0.5, 0.6) is 5.75 Å². The summed E-state index contributed by atoms with van der Waals surface area (Å²) in [5, 5.41) is 9.18. The molecule has 4 nitrogen and oxygen atoms in total. The summed E-state index contributed by atoms with van der Waals surface area (Å²) in [5.41, 5.74) is 4.50. The Balaban J connectivity index is 1.34. The quantitative estimate of drug-likeness (QED) is 0.750. The van der Waals surface area contributed by atoms with E-state index in [1.165, 1.54) is 30.0 Å². The molecule has 0 aromatic heterocycles. The second kappa shape index (κ2) is 7.69. The number of nitrogens with zero attached hydrogens (tertiary/aromatic N) is 1. The van der Waals surface area contributed by atoms with E-state index >= 15 is 0 Å². The van der Waals surface area contributed by atoms with Gasteiger partial charge in [-0.1, -0.05) is 17.9 Å². The normalized spacial score (nSPS) is 23.3. The van der Waals surface area contributed by atoms with Crippen LogP contribution in [0.25, 0.3) is 0 Å². The molecule has 31 heavy (non-hydrogen) atoms. The molecular weight excluding hydrogens is 393 g/mol. The van der Waals surface area contributed by atoms with Crippen molar-refractivity contribution in [3.8, 4) is 17.6 Å². The van der Waals surface area contributed by atoms with Crippen LogP contribution in [-0.4, -0.2) is 35.2 Å². The van der Waals surface area contributed by atoms with Crippen LogP contribution in [0, 0.1) is 23.6 Å². The standard InChI is InChI=1S/C26H26FNO3/c1-2-31-24-8-6-18(12-23(24)27)4-3-17-5-7-19-15-28(21-13-20(14-21)25(29)30)16-26(9-10-26)22(19)11-17/h5-8,11-12,20-21H,2,9-10,13-16H2,1H3,(H,29,30). The Bertz CT molecular complexity index is 1090. The Labute approximate surface area is 182 Å². The smallest absolute Gasteiger partial charge is 0.306 e. The summed E-state index contributed by atoms with van der Waals surface area (Å²) in [6, 6.07) is 11.6. The highest BCUT2D eigenvalue weighted by Crippen LogP contribution is 2.53. The lowest BCUT2D eigenvalue weighted by molar-refractivity contribution is -0.147. The summed E-state index contributed by atoms with van der Waals surface area (Å²) in [6.45, 7) is 4.15. The van der Waals surface area contributed by atoms with Crippen LogP contribution in [0.3, 0.4) is 0 Å². The molecule has 3 aliphatic rings. The SMILES string of the molecule is CCOc1ccc(C#Cc2ccc3c(c2)C2(CC2)CN(C2CC(C(=O)O)C2)C3)cc1F. The lowest BCUT2D eigenvalue weighted by atomic mass is 9.76. The number of carbonyl (C=O) groups is 1. The highest BCUT2D eigenvalue weighted by atomic mass is 19.1. The second-order valence-electron chi connectivity index (χ2n) is 9.05. The zero-order chi connectivity index (χ0) is 21.6. The molecule has 0 saturated heterocycles. The molecule has 160 valence electrons. The monoisotopic (exact) mass is 419 g/mol. The number of carboxylic acids is 1. The fourth-order valence-corrected chi connectivity index (χ4v) is 4.95. The first-order chi connectivity index (χ1) is 15.0. The Morgan fingerprint density at radius 1 is 1.19 bits per heavy atom. The van der Waals surface area contributed by atoms with Gasteiger partial charge in [-0.05, 0) is 74.1 Å². The summed E-state index contributed by atoms with van der Waals surface area (Å²) in [4.78, 5) is 13.6. The minimum absolute atomic E-state index is 0.174. The molecule has 0 amide bonds. The number of rotatable bonds is 4. The Hall–Kier alpha value is -2.84. The first kappa shape index (κ1) is 20.1. The van der Waals surface area contributed by atoms with Crippen molar-refractivity contribution >= 4 is 5.97 Å². The summed E-state index contributed by atoms with van der Waals surface area (Å²) in [7, 11) is 0. The Morgan fingerprint density at radius 3 is 2.55 bits per heavy atom. The van der Waals surface area contributed by atoms with E-state index in [9.17, 15) is 14.3 Å². The maximum atomic E-state index is 14.1. The molecule has 2 saturated carbocycles. The van der Waals surface area contributed by atoms with Gasteiger partial charge in [0.1, 0.15) is 0 Å². The third-order valence-corrected chi connectivity index (χ3v) is 6.98. The molecule has 0 bridgehead atoms. The molecule has 0 atom stereocenters. The number of ether oxygens (including phenoxy) is 1. The summed E-state index contributed by atoms with van der Waals surface area (Å²) in [6.07, 6.45) is 3.88. The molecule has 0 radical (unpaired) electrons. The van der Waals surface area contributed by atoms with Crippen molar-refractivity contribution < 1.29 is 19.0 Å². The summed E-state index contributed by atoms with van der Waals surface area (Å²) < 4.78 is 19.3. The molecular formula is C26H26FNO3. The lowest BCUT2D eigenvalue weighted by Crippen LogP contribution is -2.51. The Kier molecular flexibility index (Phi) is 4.98. The summed E-state index contributed by atoms with van der Waals surface area (Å²) >= 11 is 0. The van der Waals surface area contributed by atoms with Gasteiger partial charge in [-0.2, -0.15) is 0 Å². The van der Waals surface area contributed by atoms with E-state index in [1.807, 2.05) is 13.0 Å². The topological polar surface area (TPSA) is 49.8 Å². The highest BCUT2D eigenvalue weighted by Gasteiger charge is 2.51. The predicted octanol–water partition coefficient (Wildman–Crippen LogP) is 4.33. The number of carboxylic acid groups (broad SMARTS) is 1. The van der Waals surface area contributed by atoms with E-state index in [0.717, 1.165) is 31.5 Å². The van der Waals surface area contributed by atoms with E-state index in [2.05, 4.69) is 28.9 Å². The van der Waals surface area contributed by atoms with Gasteiger partial charge in [0.2, 0.25) is 0 Å². The van der Waals surface area contributed by atoms with E-state index in [4.69, 9.17) is 4.74 Å². The van der Waals surface area contributed by atoms with Gasteiger partial charge in [-0.15, -0.1) is 0 Å². The number of aliphatic carboxylic acids is 1. The fraction of sp³-hybridized carbons (Fsp3) is 0.423. The van der Waals surface area contributed by atoms with Gasteiger partial charge in [0.15, 0.2) is 11.6 Å². The first-order valence-electron chi connectivity index (χ1n) is 11.0. The van der Waals surface area contributed by atoms with Crippen molar-refractivity contribution in [2.24, 2.45) is 5.92 Å². The zero-order valence-corrected chi connectivity index (χ0v) is 17.7. The molecule has 1 spiro atoms. The number of benzene rings is 2. The van der Waals surface area contributed by atoms with Gasteiger partial charge >= 0.3 is 5.97 Å². The fourth-order valence-electron chi connectivity index (χ4n) is 4.95. The third-order valence-electron chi connectivity index (χ3n) is 6.98. The molecule has 2 aromatic carbocycles. The van der Waals surface area contributed by atoms with E-state index in [0.29, 0.717) is 18.2 Å². The minimum Gasteiger partial charge on any atom is -0.491 e. The van der Waals surface area contributed by atoms with Crippen LogP contribution >= 0.6 is 0 Å². The van der Waals surface area contributed by atoms with Crippen molar-refractivity contribution in [3.63, 3.8) is 0 Å². The maximum absolute atomic E-state index is 14.1. The number of hydrogen-bond donors (Lipinski definition) is 1. The molecule has 1 heterocycles. The van der Waals surface area contributed by atoms with E-state index in [-0.39, 0.29) is 17.1 Å². The molecule has 2 fully saturated rings. The van der Waals surface area contributed by atoms with Crippen LogP contribution in [0.4, 0.5) is 4.39 Å². The van der Waals surface area contributed by atoms with Crippen molar-refractivity contribution in [2.75, 3.05) is 13.2 Å². The number of fused-ring (bicyclic) bond motifs is 2. The van der Waals surface area contributed by atoms with Crippen molar-refractivity contribution in [2.45, 2.75) is 50.6 Å². The van der Waals surface area contributed by atoms with Crippen molar-refractivity contribution in [3.05, 3.63) is 64.5 Å². The highest BCUT2D eigenvalue weighted by molar-refractivity contribution is 5.71. The Morgan fingerprint density at radius 2 is 1.90 bits per heavy atom. The van der Waals surface area contributed by atoms with Crippen molar-refractivity contribution in [1.82, 2.24) is 4.90 Å². The minimum atomic E-state index is -0.662. The van der Waals surface area contributed by atoms with Crippen LogP contribution in [-0.2, 0) is 16.8 Å². The molecule has 2 aliphatic carbocycles. The number of halogens is 1. The maximum Gasteiger partial charge on any atom is 0.306 e. The van der Waals surface area contributed by atoms with Gasteiger partial charge < -0.3 is 9.84 Å². The van der Waals surface area contributed by atoms with Gasteiger partial charge in [0.05, 0.1) is 12.5 Å². The third kappa shape index (κ3) is 3.81. The van der Waals surface area contributed by atoms with Crippen LogP contribution in [0.1, 0.15) is 54.9 Å². The lowest BCUT2D eigenvalue weighted by Gasteiger charge is -2.46. The van der Waals surface area contributed by atoms with Gasteiger partial charge in [0.25, 0.3) is 0 Å². The van der Waals surface area contributed by atoms with E-state index < -0.39 is 11.8 Å². The van der Waals surface area contributed by atoms with Crippen molar-refractivity contribution in [1.29, 1.82) is 0 Å². The first-order valence-corrected chi connectivity index (χ1v) is 11.0. The largest absolute Gasteiger partial charge is 0.491 e. The zero-order valence-electron chi connectivity index (χ0n) is 17.7. The molecule has 1 N–H and O–H groups in total. The average Bonchev–Trinajstić information content (AvgIpc) is 3.47. The van der Waals surface area contributed by atoms with Gasteiger partial charge in [-0.25, -0.2) is 4.39 Å². The summed E-state index contributed by atoms with van der Waals surface area (Å²) in [5.74, 6) is 5.29. The molecule has 5 heteroatoms. The van der Waals surface area contributed by atoms with Crippen LogP contribution in [0.15, 0.2) is 36.4 Å². The van der Waals surface area contributed by atoms with Gasteiger partial charge in [-0.3, -0.25) is 9.69 Å². The molecule has 0 unspecified atom stereocenters. The van der Waals surface area contributed by atoms with Crippen LogP contribution < -0.4 is 4.74 Å². The van der Waals surface area contributed by atoms with Crippen LogP contribution in [0.2, 0.25) is 0 Å². The molecule has 2 aromatic rings. The average molecular weight is 419 g/mol. The molecule has 1 aliphatic heterocycles. The van der Waals surface area contributed by atoms with E-state index in [1.54, 1.807) is 12.1 Å².